The van der Waals surface area contributed by atoms with E-state index in [-0.39, 0.29) is 5.82 Å². The summed E-state index contributed by atoms with van der Waals surface area (Å²) < 4.78 is 19.5. The lowest BCUT2D eigenvalue weighted by Gasteiger charge is -2.36. The fourth-order valence-corrected chi connectivity index (χ4v) is 10.7. The van der Waals surface area contributed by atoms with Gasteiger partial charge < -0.3 is 4.74 Å². The van der Waals surface area contributed by atoms with Crippen LogP contribution in [0.2, 0.25) is 6.04 Å². The van der Waals surface area contributed by atoms with Crippen molar-refractivity contribution in [2.75, 3.05) is 7.11 Å². The van der Waals surface area contributed by atoms with Crippen LogP contribution in [0.5, 0.6) is 5.75 Å². The molecule has 28 heavy (non-hydrogen) atoms. The first-order chi connectivity index (χ1) is 13.7. The monoisotopic (exact) mass is 386 g/mol. The molecule has 0 fully saturated rings. The molecular formula is C25H23FOSi. The summed E-state index contributed by atoms with van der Waals surface area (Å²) >= 11 is 0. The summed E-state index contributed by atoms with van der Waals surface area (Å²) in [7, 11) is -0.270. The topological polar surface area (TPSA) is 9.23 Å². The van der Waals surface area contributed by atoms with Crippen LogP contribution in [-0.4, -0.2) is 15.2 Å². The standard InChI is InChI=1S/C25H23FOSi/c1-27-21-10-12-22(13-11-21)28-15-5-8-23(18-6-3-2-4-7-18)25(28)24-14-9-20(26)16-19(24)17-28/h2-4,6-7,9-14,16H,5,8,15,17H2,1H3/t28-/m1/s1. The number of halogens is 1. The van der Waals surface area contributed by atoms with Crippen LogP contribution in [0, 0.1) is 5.82 Å². The number of hydrogen-bond donors (Lipinski definition) is 0. The molecule has 0 saturated heterocycles. The highest BCUT2D eigenvalue weighted by atomic mass is 28.3. The van der Waals surface area contributed by atoms with Gasteiger partial charge in [-0.2, -0.15) is 0 Å². The number of benzene rings is 3. The molecule has 0 saturated carbocycles. The Labute approximate surface area is 166 Å². The zero-order chi connectivity index (χ0) is 19.1. The summed E-state index contributed by atoms with van der Waals surface area (Å²) in [5.41, 5.74) is 5.26. The number of ether oxygens (including phenoxy) is 1. The van der Waals surface area contributed by atoms with Crippen LogP contribution < -0.4 is 9.92 Å². The van der Waals surface area contributed by atoms with Crippen molar-refractivity contribution in [1.82, 2.24) is 0 Å². The highest BCUT2D eigenvalue weighted by molar-refractivity contribution is 7.08. The Morgan fingerprint density at radius 3 is 2.46 bits per heavy atom. The van der Waals surface area contributed by atoms with Crippen molar-refractivity contribution < 1.29 is 9.13 Å². The van der Waals surface area contributed by atoms with Gasteiger partial charge in [0.05, 0.1) is 7.11 Å². The van der Waals surface area contributed by atoms with Crippen LogP contribution in [0.15, 0.2) is 72.8 Å². The summed E-state index contributed by atoms with van der Waals surface area (Å²) in [4.78, 5) is 0. The van der Waals surface area contributed by atoms with E-state index >= 15 is 0 Å². The first-order valence-electron chi connectivity index (χ1n) is 9.94. The van der Waals surface area contributed by atoms with E-state index in [1.165, 1.54) is 45.1 Å². The van der Waals surface area contributed by atoms with Gasteiger partial charge in [-0.25, -0.2) is 4.39 Å². The van der Waals surface area contributed by atoms with Crippen molar-refractivity contribution in [1.29, 1.82) is 0 Å². The molecule has 2 aliphatic heterocycles. The summed E-state index contributed by atoms with van der Waals surface area (Å²) in [5, 5.41) is 2.97. The smallest absolute Gasteiger partial charge is 0.123 e. The molecule has 0 N–H and O–H groups in total. The third-order valence-corrected chi connectivity index (χ3v) is 11.6. The Balaban J connectivity index is 1.77. The zero-order valence-corrected chi connectivity index (χ0v) is 17.0. The lowest BCUT2D eigenvalue weighted by Crippen LogP contribution is -2.50. The van der Waals surface area contributed by atoms with Crippen LogP contribution in [-0.2, 0) is 6.04 Å². The molecule has 0 bridgehead atoms. The zero-order valence-electron chi connectivity index (χ0n) is 16.0. The van der Waals surface area contributed by atoms with Gasteiger partial charge in [0.2, 0.25) is 0 Å². The number of hydrogen-bond acceptors (Lipinski definition) is 1. The Morgan fingerprint density at radius 2 is 1.71 bits per heavy atom. The van der Waals surface area contributed by atoms with E-state index in [2.05, 4.69) is 54.6 Å². The molecule has 2 heterocycles. The molecule has 3 heteroatoms. The predicted octanol–water partition coefficient (Wildman–Crippen LogP) is 5.53. The van der Waals surface area contributed by atoms with Gasteiger partial charge >= 0.3 is 0 Å². The Bertz CT molecular complexity index is 1060. The van der Waals surface area contributed by atoms with E-state index in [0.29, 0.717) is 0 Å². The van der Waals surface area contributed by atoms with E-state index in [9.17, 15) is 4.39 Å². The Kier molecular flexibility index (Phi) is 4.20. The third-order valence-electron chi connectivity index (χ3n) is 6.40. The maximum atomic E-state index is 14.1. The number of rotatable bonds is 3. The first kappa shape index (κ1) is 17.4. The van der Waals surface area contributed by atoms with Gasteiger partial charge in [0.1, 0.15) is 19.6 Å². The Morgan fingerprint density at radius 1 is 0.929 bits per heavy atom. The molecule has 0 aliphatic carbocycles. The highest BCUT2D eigenvalue weighted by Gasteiger charge is 2.48. The summed E-state index contributed by atoms with van der Waals surface area (Å²) in [6, 6.07) is 27.1. The minimum atomic E-state index is -1.98. The van der Waals surface area contributed by atoms with Crippen molar-refractivity contribution in [3.05, 3.63) is 95.3 Å². The lowest BCUT2D eigenvalue weighted by atomic mass is 9.96. The molecule has 0 amide bonds. The molecular weight excluding hydrogens is 363 g/mol. The summed E-state index contributed by atoms with van der Waals surface area (Å²) in [6.45, 7) is 0. The van der Waals surface area contributed by atoms with E-state index in [1.807, 2.05) is 6.07 Å². The first-order valence-corrected chi connectivity index (χ1v) is 12.3. The van der Waals surface area contributed by atoms with Gasteiger partial charge in [0.15, 0.2) is 0 Å². The quantitative estimate of drug-likeness (QED) is 0.538. The fourth-order valence-electron chi connectivity index (χ4n) is 5.21. The average Bonchev–Trinajstić information content (AvgIpc) is 3.09. The number of allylic oxidation sites excluding steroid dienone is 1. The lowest BCUT2D eigenvalue weighted by molar-refractivity contribution is 0.415. The van der Waals surface area contributed by atoms with Crippen molar-refractivity contribution >= 4 is 24.0 Å². The minimum Gasteiger partial charge on any atom is -0.497 e. The summed E-state index contributed by atoms with van der Waals surface area (Å²) in [5.74, 6) is 0.762. The second-order valence-electron chi connectivity index (χ2n) is 7.86. The maximum Gasteiger partial charge on any atom is 0.123 e. The molecule has 3 aromatic rings. The van der Waals surface area contributed by atoms with Gasteiger partial charge in [-0.15, -0.1) is 0 Å². The van der Waals surface area contributed by atoms with Crippen LogP contribution in [0.25, 0.3) is 10.8 Å². The minimum absolute atomic E-state index is 0.127. The number of fused-ring (bicyclic) bond motifs is 3. The fraction of sp³-hybridized carbons (Fsp3) is 0.200. The maximum absolute atomic E-state index is 14.1. The largest absolute Gasteiger partial charge is 0.497 e. The van der Waals surface area contributed by atoms with E-state index in [4.69, 9.17) is 4.74 Å². The van der Waals surface area contributed by atoms with Crippen LogP contribution in [0.3, 0.4) is 0 Å². The molecule has 0 radical (unpaired) electrons. The predicted molar refractivity (Wildman–Crippen MR) is 116 cm³/mol. The second kappa shape index (κ2) is 6.75. The van der Waals surface area contributed by atoms with Gasteiger partial charge in [0.25, 0.3) is 0 Å². The molecule has 0 aromatic heterocycles. The molecule has 1 nitrogen and oxygen atoms in total. The molecule has 3 aromatic carbocycles. The molecule has 2 aliphatic rings. The van der Waals surface area contributed by atoms with E-state index in [1.54, 1.807) is 19.2 Å². The van der Waals surface area contributed by atoms with Gasteiger partial charge in [-0.1, -0.05) is 60.1 Å². The second-order valence-corrected chi connectivity index (χ2v) is 12.0. The van der Waals surface area contributed by atoms with Gasteiger partial charge in [0, 0.05) is 0 Å². The van der Waals surface area contributed by atoms with Crippen molar-refractivity contribution in [2.24, 2.45) is 0 Å². The molecule has 1 atom stereocenters. The molecule has 5 rings (SSSR count). The average molecular weight is 387 g/mol. The van der Waals surface area contributed by atoms with E-state index < -0.39 is 8.07 Å². The Hall–Kier alpha value is -2.65. The van der Waals surface area contributed by atoms with Crippen LogP contribution in [0.4, 0.5) is 4.39 Å². The molecule has 140 valence electrons. The van der Waals surface area contributed by atoms with Crippen molar-refractivity contribution in [2.45, 2.75) is 24.9 Å². The van der Waals surface area contributed by atoms with Crippen LogP contribution in [0.1, 0.15) is 29.5 Å². The van der Waals surface area contributed by atoms with Crippen molar-refractivity contribution in [3.63, 3.8) is 0 Å². The highest BCUT2D eigenvalue weighted by Crippen LogP contribution is 2.50. The van der Waals surface area contributed by atoms with Gasteiger partial charge in [-0.3, -0.25) is 0 Å². The summed E-state index contributed by atoms with van der Waals surface area (Å²) in [6.07, 6.45) is 2.30. The van der Waals surface area contributed by atoms with Crippen LogP contribution >= 0.6 is 0 Å². The SMILES string of the molecule is COc1ccc([Si@]23CCCC(c4ccccc4)=C2c2ccc(F)cc2C3)cc1. The third kappa shape index (κ3) is 2.65. The molecule has 0 unspecified atom stereocenters. The normalized spacial score (nSPS) is 20.6. The molecule has 0 spiro atoms. The number of methoxy groups -OCH3 is 1. The van der Waals surface area contributed by atoms with Gasteiger partial charge in [-0.05, 0) is 70.2 Å². The van der Waals surface area contributed by atoms with Crippen molar-refractivity contribution in [3.8, 4) is 5.75 Å². The van der Waals surface area contributed by atoms with E-state index in [0.717, 1.165) is 18.2 Å².